The highest BCUT2D eigenvalue weighted by molar-refractivity contribution is 7.14. The van der Waals surface area contributed by atoms with Gasteiger partial charge in [0.1, 0.15) is 24.1 Å². The minimum absolute atomic E-state index is 0.247. The molecule has 0 fully saturated rings. The number of carbonyl (C=O) groups is 1. The minimum Gasteiger partial charge on any atom is -0.497 e. The molecule has 0 saturated carbocycles. The van der Waals surface area contributed by atoms with Crippen molar-refractivity contribution in [1.82, 2.24) is 25.1 Å². The number of hydrogen-bond acceptors (Lipinski definition) is 7. The average Bonchev–Trinajstić information content (AvgIpc) is 3.47. The molecule has 0 aliphatic rings. The van der Waals surface area contributed by atoms with E-state index in [0.29, 0.717) is 17.4 Å². The number of carbonyl (C=O) groups excluding carboxylic acids is 1. The van der Waals surface area contributed by atoms with E-state index in [1.807, 2.05) is 54.6 Å². The fourth-order valence-electron chi connectivity index (χ4n) is 2.90. The molecule has 2 aromatic heterocycles. The lowest BCUT2D eigenvalue weighted by atomic mass is 10.1. The van der Waals surface area contributed by atoms with Crippen molar-refractivity contribution in [3.63, 3.8) is 0 Å². The van der Waals surface area contributed by atoms with Gasteiger partial charge in [0, 0.05) is 11.1 Å². The molecule has 152 valence electrons. The zero-order valence-corrected chi connectivity index (χ0v) is 17.0. The number of aromatic nitrogens is 4. The molecule has 9 heteroatoms. The molecule has 2 heterocycles. The van der Waals surface area contributed by atoms with Crippen LogP contribution in [0.2, 0.25) is 0 Å². The average molecular weight is 420 g/mol. The lowest BCUT2D eigenvalue weighted by Gasteiger charge is -2.18. The minimum atomic E-state index is -0.264. The SMILES string of the molecule is COc1ccc(Nc2nc(C(=O)NC(Cn3cncn3)c3ccccc3)cs2)cc1. The van der Waals surface area contributed by atoms with Gasteiger partial charge in [0.15, 0.2) is 5.13 Å². The van der Waals surface area contributed by atoms with Crippen molar-refractivity contribution in [2.24, 2.45) is 0 Å². The first-order valence-electron chi connectivity index (χ1n) is 9.26. The molecule has 1 amide bonds. The molecule has 0 spiro atoms. The van der Waals surface area contributed by atoms with E-state index in [-0.39, 0.29) is 11.9 Å². The van der Waals surface area contributed by atoms with Crippen molar-refractivity contribution in [2.75, 3.05) is 12.4 Å². The normalized spacial score (nSPS) is 11.6. The number of ether oxygens (including phenoxy) is 1. The number of anilines is 2. The van der Waals surface area contributed by atoms with Crippen molar-refractivity contribution in [3.8, 4) is 5.75 Å². The van der Waals surface area contributed by atoms with E-state index in [1.54, 1.807) is 23.5 Å². The first-order chi connectivity index (χ1) is 14.7. The van der Waals surface area contributed by atoms with Crippen LogP contribution in [0.3, 0.4) is 0 Å². The molecule has 0 bridgehead atoms. The Morgan fingerprint density at radius 3 is 2.67 bits per heavy atom. The topological polar surface area (TPSA) is 94.0 Å². The van der Waals surface area contributed by atoms with E-state index >= 15 is 0 Å². The second-order valence-electron chi connectivity index (χ2n) is 6.45. The van der Waals surface area contributed by atoms with Crippen LogP contribution in [0, 0.1) is 0 Å². The summed E-state index contributed by atoms with van der Waals surface area (Å²) >= 11 is 1.37. The van der Waals surface area contributed by atoms with Gasteiger partial charge in [-0.2, -0.15) is 5.10 Å². The van der Waals surface area contributed by atoms with E-state index in [4.69, 9.17) is 4.74 Å². The second kappa shape index (κ2) is 9.19. The largest absolute Gasteiger partial charge is 0.497 e. The van der Waals surface area contributed by atoms with Gasteiger partial charge in [-0.3, -0.25) is 9.48 Å². The fourth-order valence-corrected chi connectivity index (χ4v) is 3.61. The van der Waals surface area contributed by atoms with Gasteiger partial charge in [0.2, 0.25) is 0 Å². The molecule has 1 atom stereocenters. The van der Waals surface area contributed by atoms with E-state index in [1.165, 1.54) is 17.7 Å². The van der Waals surface area contributed by atoms with Crippen LogP contribution in [0.5, 0.6) is 5.75 Å². The van der Waals surface area contributed by atoms with Crippen LogP contribution in [0.15, 0.2) is 72.6 Å². The quantitative estimate of drug-likeness (QED) is 0.452. The van der Waals surface area contributed by atoms with Crippen molar-refractivity contribution in [3.05, 3.63) is 83.9 Å². The molecule has 8 nitrogen and oxygen atoms in total. The highest BCUT2D eigenvalue weighted by atomic mass is 32.1. The number of methoxy groups -OCH3 is 1. The van der Waals surface area contributed by atoms with Crippen LogP contribution in [-0.4, -0.2) is 32.8 Å². The van der Waals surface area contributed by atoms with Gasteiger partial charge in [-0.05, 0) is 29.8 Å². The third-order valence-corrected chi connectivity index (χ3v) is 5.18. The molecule has 4 aromatic rings. The van der Waals surface area contributed by atoms with Gasteiger partial charge >= 0.3 is 0 Å². The Hall–Kier alpha value is -3.72. The van der Waals surface area contributed by atoms with E-state index < -0.39 is 0 Å². The zero-order chi connectivity index (χ0) is 20.8. The smallest absolute Gasteiger partial charge is 0.271 e. The molecule has 2 aromatic carbocycles. The van der Waals surface area contributed by atoms with Gasteiger partial charge in [0.05, 0.1) is 19.7 Å². The van der Waals surface area contributed by atoms with Crippen LogP contribution >= 0.6 is 11.3 Å². The van der Waals surface area contributed by atoms with Crippen molar-refractivity contribution in [2.45, 2.75) is 12.6 Å². The molecular weight excluding hydrogens is 400 g/mol. The van der Waals surface area contributed by atoms with E-state index in [0.717, 1.165) is 17.0 Å². The second-order valence-corrected chi connectivity index (χ2v) is 7.30. The number of nitrogens with one attached hydrogen (secondary N) is 2. The summed E-state index contributed by atoms with van der Waals surface area (Å²) in [7, 11) is 1.62. The molecule has 1 unspecified atom stereocenters. The number of amides is 1. The zero-order valence-electron chi connectivity index (χ0n) is 16.2. The summed E-state index contributed by atoms with van der Waals surface area (Å²) in [5, 5.41) is 12.8. The molecule has 0 saturated heterocycles. The summed E-state index contributed by atoms with van der Waals surface area (Å²) < 4.78 is 6.85. The number of nitrogens with zero attached hydrogens (tertiary/aromatic N) is 4. The Morgan fingerprint density at radius 1 is 1.17 bits per heavy atom. The molecule has 2 N–H and O–H groups in total. The Morgan fingerprint density at radius 2 is 1.97 bits per heavy atom. The van der Waals surface area contributed by atoms with Crippen LogP contribution < -0.4 is 15.4 Å². The molecule has 0 aliphatic heterocycles. The van der Waals surface area contributed by atoms with Gasteiger partial charge in [-0.25, -0.2) is 9.97 Å². The number of hydrogen-bond donors (Lipinski definition) is 2. The van der Waals surface area contributed by atoms with Gasteiger partial charge in [-0.1, -0.05) is 30.3 Å². The summed E-state index contributed by atoms with van der Waals surface area (Å²) in [6.07, 6.45) is 3.10. The Kier molecular flexibility index (Phi) is 6.00. The Balaban J connectivity index is 1.46. The standard InChI is InChI=1S/C21H20N6O2S/c1-29-17-9-7-16(8-10-17)24-21-26-19(12-30-21)20(28)25-18(11-27-14-22-13-23-27)15-5-3-2-4-6-15/h2-10,12-14,18H,11H2,1H3,(H,24,26)(H,25,28). The maximum Gasteiger partial charge on any atom is 0.271 e. The lowest BCUT2D eigenvalue weighted by Crippen LogP contribution is -2.31. The Labute approximate surface area is 177 Å². The van der Waals surface area contributed by atoms with Crippen molar-refractivity contribution in [1.29, 1.82) is 0 Å². The summed E-state index contributed by atoms with van der Waals surface area (Å²) in [6.45, 7) is 0.469. The van der Waals surface area contributed by atoms with Gasteiger partial charge < -0.3 is 15.4 Å². The predicted molar refractivity (Wildman–Crippen MR) is 115 cm³/mol. The number of benzene rings is 2. The van der Waals surface area contributed by atoms with Gasteiger partial charge in [0.25, 0.3) is 5.91 Å². The van der Waals surface area contributed by atoms with Crippen LogP contribution in [0.4, 0.5) is 10.8 Å². The Bertz CT molecular complexity index is 1080. The highest BCUT2D eigenvalue weighted by Crippen LogP contribution is 2.23. The fraction of sp³-hybridized carbons (Fsp3) is 0.143. The summed E-state index contributed by atoms with van der Waals surface area (Å²) in [4.78, 5) is 21.2. The van der Waals surface area contributed by atoms with E-state index in [9.17, 15) is 4.79 Å². The third kappa shape index (κ3) is 4.81. The number of rotatable bonds is 8. The maximum absolute atomic E-state index is 12.8. The first kappa shape index (κ1) is 19.6. The first-order valence-corrected chi connectivity index (χ1v) is 10.1. The summed E-state index contributed by atoms with van der Waals surface area (Å²) in [5.41, 5.74) is 2.20. The molecular formula is C21H20N6O2S. The highest BCUT2D eigenvalue weighted by Gasteiger charge is 2.19. The summed E-state index contributed by atoms with van der Waals surface area (Å²) in [5.74, 6) is 0.530. The van der Waals surface area contributed by atoms with Crippen molar-refractivity contribution >= 4 is 28.1 Å². The van der Waals surface area contributed by atoms with Crippen LogP contribution in [0.25, 0.3) is 0 Å². The molecule has 30 heavy (non-hydrogen) atoms. The monoisotopic (exact) mass is 420 g/mol. The predicted octanol–water partition coefficient (Wildman–Crippen LogP) is 3.66. The lowest BCUT2D eigenvalue weighted by molar-refractivity contribution is 0.0927. The van der Waals surface area contributed by atoms with Crippen molar-refractivity contribution < 1.29 is 9.53 Å². The molecule has 4 rings (SSSR count). The number of thiazole rings is 1. The van der Waals surface area contributed by atoms with Crippen LogP contribution in [-0.2, 0) is 6.54 Å². The molecule has 0 radical (unpaired) electrons. The maximum atomic E-state index is 12.8. The van der Waals surface area contributed by atoms with Gasteiger partial charge in [-0.15, -0.1) is 11.3 Å². The third-order valence-electron chi connectivity index (χ3n) is 4.42. The summed E-state index contributed by atoms with van der Waals surface area (Å²) in [6, 6.07) is 17.0. The van der Waals surface area contributed by atoms with E-state index in [2.05, 4.69) is 25.7 Å². The molecule has 0 aliphatic carbocycles. The van der Waals surface area contributed by atoms with Crippen LogP contribution in [0.1, 0.15) is 22.1 Å².